The van der Waals surface area contributed by atoms with Crippen molar-refractivity contribution in [2.45, 2.75) is 19.6 Å². The normalized spacial score (nSPS) is 11.8. The Kier molecular flexibility index (Phi) is 6.48. The summed E-state index contributed by atoms with van der Waals surface area (Å²) in [7, 11) is 1.40. The third-order valence-corrected chi connectivity index (χ3v) is 4.29. The van der Waals surface area contributed by atoms with E-state index in [1.54, 1.807) is 6.07 Å². The zero-order valence-electron chi connectivity index (χ0n) is 14.8. The first-order chi connectivity index (χ1) is 13.1. The zero-order chi connectivity index (χ0) is 21.1. The minimum Gasteiger partial charge on any atom is -0.494 e. The van der Waals surface area contributed by atoms with Crippen molar-refractivity contribution in [3.63, 3.8) is 0 Å². The molecule has 0 bridgehead atoms. The Morgan fingerprint density at radius 3 is 2.68 bits per heavy atom. The summed E-state index contributed by atoms with van der Waals surface area (Å²) < 4.78 is 44.5. The fourth-order valence-corrected chi connectivity index (χ4v) is 2.60. The van der Waals surface area contributed by atoms with E-state index in [9.17, 15) is 28.3 Å². The molecule has 1 heterocycles. The number of aromatic nitrogens is 1. The second kappa shape index (κ2) is 8.46. The summed E-state index contributed by atoms with van der Waals surface area (Å²) in [4.78, 5) is 16.2. The average molecular weight is 414 g/mol. The van der Waals surface area contributed by atoms with E-state index >= 15 is 0 Å². The lowest BCUT2D eigenvalue weighted by Gasteiger charge is -2.13. The summed E-state index contributed by atoms with van der Waals surface area (Å²) in [6, 6.07) is 4.41. The number of halogens is 4. The quantitative estimate of drug-likeness (QED) is 0.755. The van der Waals surface area contributed by atoms with E-state index in [0.29, 0.717) is 0 Å². The van der Waals surface area contributed by atoms with Crippen LogP contribution in [-0.4, -0.2) is 29.6 Å². The lowest BCUT2D eigenvalue weighted by Crippen LogP contribution is -2.26. The van der Waals surface area contributed by atoms with Crippen LogP contribution in [0.4, 0.5) is 18.9 Å². The maximum atomic E-state index is 12.9. The van der Waals surface area contributed by atoms with Gasteiger partial charge in [0.2, 0.25) is 5.88 Å². The van der Waals surface area contributed by atoms with Gasteiger partial charge in [-0.05, 0) is 30.7 Å². The summed E-state index contributed by atoms with van der Waals surface area (Å²) >= 11 is 5.91. The molecule has 1 aromatic carbocycles. The minimum atomic E-state index is -4.58. The van der Waals surface area contributed by atoms with Crippen LogP contribution in [0.15, 0.2) is 28.0 Å². The van der Waals surface area contributed by atoms with Gasteiger partial charge in [-0.3, -0.25) is 14.4 Å². The highest BCUT2D eigenvalue weighted by atomic mass is 35.5. The van der Waals surface area contributed by atoms with Crippen LogP contribution in [0.3, 0.4) is 0 Å². The summed E-state index contributed by atoms with van der Waals surface area (Å²) in [6.07, 6.45) is -3.51. The smallest absolute Gasteiger partial charge is 0.416 e. The SMILES string of the molecule is COCCn1c(O)c(C=Nc2cc(C(F)(F)F)ccc2Cl)c(C)c(C#N)c1=O. The van der Waals surface area contributed by atoms with Crippen molar-refractivity contribution in [3.05, 3.63) is 55.8 Å². The molecule has 148 valence electrons. The number of ether oxygens (including phenoxy) is 1. The summed E-state index contributed by atoms with van der Waals surface area (Å²) in [5.74, 6) is -0.481. The Balaban J connectivity index is 2.61. The van der Waals surface area contributed by atoms with Crippen LogP contribution in [-0.2, 0) is 17.5 Å². The van der Waals surface area contributed by atoms with E-state index in [2.05, 4.69) is 4.99 Å². The molecule has 10 heteroatoms. The number of pyridine rings is 1. The van der Waals surface area contributed by atoms with Gasteiger partial charge >= 0.3 is 6.18 Å². The molecular formula is C18H15ClF3N3O3. The molecule has 0 aliphatic carbocycles. The van der Waals surface area contributed by atoms with Crippen LogP contribution in [0.5, 0.6) is 5.88 Å². The van der Waals surface area contributed by atoms with Gasteiger partial charge in [0.05, 0.1) is 35.0 Å². The molecule has 0 fully saturated rings. The van der Waals surface area contributed by atoms with Crippen LogP contribution >= 0.6 is 11.6 Å². The molecule has 0 aliphatic heterocycles. The predicted octanol–water partition coefficient (Wildman–Crippen LogP) is 3.80. The van der Waals surface area contributed by atoms with Crippen molar-refractivity contribution in [2.24, 2.45) is 4.99 Å². The van der Waals surface area contributed by atoms with Crippen LogP contribution in [0, 0.1) is 18.3 Å². The average Bonchev–Trinajstić information content (AvgIpc) is 2.62. The van der Waals surface area contributed by atoms with Gasteiger partial charge in [0, 0.05) is 13.3 Å². The van der Waals surface area contributed by atoms with E-state index in [4.69, 9.17) is 16.3 Å². The Labute approximate surface area is 163 Å². The first kappa shape index (κ1) is 21.5. The number of benzene rings is 1. The van der Waals surface area contributed by atoms with E-state index in [0.717, 1.165) is 29.0 Å². The van der Waals surface area contributed by atoms with Gasteiger partial charge in [0.1, 0.15) is 11.6 Å². The molecular weight excluding hydrogens is 399 g/mol. The monoisotopic (exact) mass is 413 g/mol. The van der Waals surface area contributed by atoms with Crippen molar-refractivity contribution in [2.75, 3.05) is 13.7 Å². The van der Waals surface area contributed by atoms with Gasteiger partial charge in [-0.1, -0.05) is 11.6 Å². The third-order valence-electron chi connectivity index (χ3n) is 3.97. The van der Waals surface area contributed by atoms with Gasteiger partial charge in [-0.15, -0.1) is 0 Å². The van der Waals surface area contributed by atoms with Gasteiger partial charge < -0.3 is 9.84 Å². The molecule has 0 aliphatic rings. The largest absolute Gasteiger partial charge is 0.494 e. The lowest BCUT2D eigenvalue weighted by molar-refractivity contribution is -0.137. The lowest BCUT2D eigenvalue weighted by atomic mass is 10.1. The number of nitrogens with zero attached hydrogens (tertiary/aromatic N) is 3. The first-order valence-electron chi connectivity index (χ1n) is 7.88. The van der Waals surface area contributed by atoms with Gasteiger partial charge in [0.15, 0.2) is 0 Å². The maximum absolute atomic E-state index is 12.9. The van der Waals surface area contributed by atoms with Crippen molar-refractivity contribution < 1.29 is 23.0 Å². The zero-order valence-corrected chi connectivity index (χ0v) is 15.6. The van der Waals surface area contributed by atoms with Crippen molar-refractivity contribution in [1.29, 1.82) is 5.26 Å². The van der Waals surface area contributed by atoms with Crippen LogP contribution in [0.2, 0.25) is 5.02 Å². The number of methoxy groups -OCH3 is 1. The Bertz CT molecular complexity index is 1020. The number of aromatic hydroxyl groups is 1. The molecule has 1 N–H and O–H groups in total. The first-order valence-corrected chi connectivity index (χ1v) is 8.25. The Morgan fingerprint density at radius 2 is 2.11 bits per heavy atom. The summed E-state index contributed by atoms with van der Waals surface area (Å²) in [5.41, 5.74) is -1.88. The molecule has 0 amide bonds. The topological polar surface area (TPSA) is 87.6 Å². The number of rotatable bonds is 5. The van der Waals surface area contributed by atoms with Crippen molar-refractivity contribution in [3.8, 4) is 11.9 Å². The Hall–Kier alpha value is -2.83. The fraction of sp³-hybridized carbons (Fsp3) is 0.278. The fourth-order valence-electron chi connectivity index (χ4n) is 2.44. The molecule has 0 unspecified atom stereocenters. The van der Waals surface area contributed by atoms with Gasteiger partial charge in [0.25, 0.3) is 5.56 Å². The van der Waals surface area contributed by atoms with E-state index in [-0.39, 0.29) is 40.6 Å². The van der Waals surface area contributed by atoms with Crippen LogP contribution < -0.4 is 5.56 Å². The molecule has 0 saturated carbocycles. The van der Waals surface area contributed by atoms with Crippen molar-refractivity contribution >= 4 is 23.5 Å². The molecule has 1 aromatic heterocycles. The Morgan fingerprint density at radius 1 is 1.43 bits per heavy atom. The highest BCUT2D eigenvalue weighted by Crippen LogP contribution is 2.35. The molecule has 0 radical (unpaired) electrons. The predicted molar refractivity (Wildman–Crippen MR) is 97.4 cm³/mol. The maximum Gasteiger partial charge on any atom is 0.416 e. The van der Waals surface area contributed by atoms with E-state index in [1.165, 1.54) is 14.0 Å². The number of alkyl halides is 3. The summed E-state index contributed by atoms with van der Waals surface area (Å²) in [5, 5.41) is 19.6. The second-order valence-electron chi connectivity index (χ2n) is 5.72. The van der Waals surface area contributed by atoms with Crippen LogP contribution in [0.1, 0.15) is 22.3 Å². The highest BCUT2D eigenvalue weighted by Gasteiger charge is 2.31. The molecule has 0 spiro atoms. The van der Waals surface area contributed by atoms with E-state index in [1.807, 2.05) is 0 Å². The van der Waals surface area contributed by atoms with Gasteiger partial charge in [-0.25, -0.2) is 0 Å². The molecule has 28 heavy (non-hydrogen) atoms. The van der Waals surface area contributed by atoms with Crippen LogP contribution in [0.25, 0.3) is 0 Å². The number of hydrogen-bond acceptors (Lipinski definition) is 5. The molecule has 2 rings (SSSR count). The van der Waals surface area contributed by atoms with Gasteiger partial charge in [-0.2, -0.15) is 18.4 Å². The second-order valence-corrected chi connectivity index (χ2v) is 6.13. The molecule has 0 saturated heterocycles. The number of nitriles is 1. The standard InChI is InChI=1S/C18H15ClF3N3O3/c1-10-12(8-23)16(26)25(5-6-28-2)17(27)13(10)9-24-15-7-11(18(20,21)22)3-4-14(15)19/h3-4,7,9,27H,5-6H2,1-2H3. The molecule has 2 aromatic rings. The van der Waals surface area contributed by atoms with Crippen molar-refractivity contribution in [1.82, 2.24) is 4.57 Å². The molecule has 6 nitrogen and oxygen atoms in total. The summed E-state index contributed by atoms with van der Waals surface area (Å²) in [6.45, 7) is 1.49. The van der Waals surface area contributed by atoms with E-state index < -0.39 is 23.2 Å². The third kappa shape index (κ3) is 4.35. The molecule has 0 atom stereocenters. The highest BCUT2D eigenvalue weighted by molar-refractivity contribution is 6.33. The number of hydrogen-bond donors (Lipinski definition) is 1. The minimum absolute atomic E-state index is 0.0146. The number of aliphatic imine (C=N–C) groups is 1.